The number of aromatic nitrogens is 2. The van der Waals surface area contributed by atoms with E-state index in [1.165, 1.54) is 10.8 Å². The lowest BCUT2D eigenvalue weighted by molar-refractivity contribution is 0.473. The van der Waals surface area contributed by atoms with Crippen LogP contribution in [0.15, 0.2) is 159 Å². The normalized spacial score (nSPS) is 12.4. The van der Waals surface area contributed by atoms with Crippen LogP contribution in [0.2, 0.25) is 0 Å². The van der Waals surface area contributed by atoms with Gasteiger partial charge in [-0.1, -0.05) is 112 Å². The summed E-state index contributed by atoms with van der Waals surface area (Å²) in [5, 5.41) is 15.2. The average Bonchev–Trinajstić information content (AvgIpc) is 3.89. The molecule has 0 aliphatic carbocycles. The summed E-state index contributed by atoms with van der Waals surface area (Å²) in [5.74, 6) is 0.621. The first-order valence-electron chi connectivity index (χ1n) is 18.1. The number of oxazole rings is 1. The van der Waals surface area contributed by atoms with E-state index in [0.717, 1.165) is 66.4 Å². The van der Waals surface area contributed by atoms with Crippen molar-refractivity contribution in [3.05, 3.63) is 157 Å². The second kappa shape index (κ2) is 12.1. The molecule has 0 amide bonds. The Hall–Kier alpha value is -6.92. The number of hydrogen-bond acceptors (Lipinski definition) is 5. The Bertz CT molecular complexity index is 3060. The molecular weight excluding hydrogens is 667 g/mol. The van der Waals surface area contributed by atoms with Crippen LogP contribution < -0.4 is 0 Å². The minimum atomic E-state index is -0.0745. The van der Waals surface area contributed by atoms with Crippen LogP contribution in [0, 0.1) is 0 Å². The predicted octanol–water partition coefficient (Wildman–Crippen LogP) is 12.9. The summed E-state index contributed by atoms with van der Waals surface area (Å²) < 4.78 is 15.6. The van der Waals surface area contributed by atoms with Crippen LogP contribution in [0.25, 0.3) is 83.1 Å². The van der Waals surface area contributed by atoms with Crippen molar-refractivity contribution in [3.63, 3.8) is 0 Å². The fraction of sp³-hybridized carbons (Fsp3) is 0.0833. The first kappa shape index (κ1) is 31.8. The molecule has 54 heavy (non-hydrogen) atoms. The molecule has 7 aromatic carbocycles. The zero-order chi connectivity index (χ0) is 36.6. The highest BCUT2D eigenvalue weighted by molar-refractivity contribution is 6.13. The maximum atomic E-state index is 10.7. The Kier molecular flexibility index (Phi) is 7.11. The Labute approximate surface area is 311 Å². The van der Waals surface area contributed by atoms with Gasteiger partial charge >= 0.3 is 0 Å². The minimum absolute atomic E-state index is 0.0745. The van der Waals surface area contributed by atoms with Crippen molar-refractivity contribution >= 4 is 66.7 Å². The summed E-state index contributed by atoms with van der Waals surface area (Å²) in [6, 6.07) is 49.2. The topological polar surface area (TPSA) is 76.7 Å². The van der Waals surface area contributed by atoms with Crippen molar-refractivity contribution in [1.29, 1.82) is 0 Å². The first-order valence-corrected chi connectivity index (χ1v) is 18.1. The smallest absolute Gasteiger partial charge is 0.229 e. The molecule has 3 aromatic heterocycles. The molecule has 260 valence electrons. The molecule has 0 saturated carbocycles. The molecular formula is C48H35N3O3. The molecule has 0 bridgehead atoms. The van der Waals surface area contributed by atoms with Gasteiger partial charge in [0.15, 0.2) is 5.58 Å². The molecule has 0 unspecified atom stereocenters. The van der Waals surface area contributed by atoms with Crippen molar-refractivity contribution in [2.75, 3.05) is 0 Å². The summed E-state index contributed by atoms with van der Waals surface area (Å²) in [4.78, 5) is 10.1. The van der Waals surface area contributed by atoms with E-state index in [4.69, 9.17) is 18.8 Å². The Morgan fingerprint density at radius 3 is 2.06 bits per heavy atom. The van der Waals surface area contributed by atoms with Gasteiger partial charge in [-0.3, -0.25) is 4.99 Å². The zero-order valence-corrected chi connectivity index (χ0v) is 30.0. The van der Waals surface area contributed by atoms with E-state index in [2.05, 4.69) is 110 Å². The Balaban J connectivity index is 1.20. The van der Waals surface area contributed by atoms with Gasteiger partial charge < -0.3 is 18.5 Å². The number of fused-ring (bicyclic) bond motifs is 7. The maximum Gasteiger partial charge on any atom is 0.229 e. The fourth-order valence-electron chi connectivity index (χ4n) is 7.66. The Morgan fingerprint density at radius 1 is 0.611 bits per heavy atom. The van der Waals surface area contributed by atoms with E-state index in [9.17, 15) is 5.11 Å². The summed E-state index contributed by atoms with van der Waals surface area (Å²) in [5.41, 5.74) is 11.1. The van der Waals surface area contributed by atoms with Crippen LogP contribution in [0.3, 0.4) is 0 Å². The number of phenols is 1. The van der Waals surface area contributed by atoms with E-state index >= 15 is 0 Å². The number of para-hydroxylation sites is 5. The van der Waals surface area contributed by atoms with Crippen LogP contribution in [0.1, 0.15) is 31.9 Å². The van der Waals surface area contributed by atoms with E-state index in [1.807, 2.05) is 54.6 Å². The van der Waals surface area contributed by atoms with Crippen LogP contribution in [-0.4, -0.2) is 20.9 Å². The van der Waals surface area contributed by atoms with Crippen molar-refractivity contribution in [1.82, 2.24) is 9.55 Å². The number of benzene rings is 7. The van der Waals surface area contributed by atoms with E-state index in [0.29, 0.717) is 22.7 Å². The highest BCUT2D eigenvalue weighted by atomic mass is 16.3. The minimum Gasteiger partial charge on any atom is -0.507 e. The summed E-state index contributed by atoms with van der Waals surface area (Å²) in [6.45, 7) is 6.45. The van der Waals surface area contributed by atoms with E-state index in [1.54, 1.807) is 12.3 Å². The quantitative estimate of drug-likeness (QED) is 0.181. The molecule has 0 aliphatic heterocycles. The maximum absolute atomic E-state index is 10.7. The number of rotatable bonds is 5. The van der Waals surface area contributed by atoms with Crippen LogP contribution >= 0.6 is 0 Å². The second-order valence-electron chi connectivity index (χ2n) is 14.8. The highest BCUT2D eigenvalue weighted by Gasteiger charge is 2.22. The van der Waals surface area contributed by atoms with Crippen molar-refractivity contribution in [2.45, 2.75) is 26.2 Å². The van der Waals surface area contributed by atoms with Gasteiger partial charge in [-0.25, -0.2) is 4.98 Å². The van der Waals surface area contributed by atoms with Crippen LogP contribution in [0.4, 0.5) is 5.69 Å². The SMILES string of the molecule is CC(C)(C)c1ccc(O)c(C=Nc2ccccc2-c2nc3c(-c4cccc5c4oc4ccccc45)cc(-n4c5ccccc5c5ccccc54)cc3o2)c1. The van der Waals surface area contributed by atoms with Gasteiger partial charge in [0.2, 0.25) is 5.89 Å². The fourth-order valence-corrected chi connectivity index (χ4v) is 7.66. The van der Waals surface area contributed by atoms with E-state index < -0.39 is 0 Å². The first-order chi connectivity index (χ1) is 26.3. The monoisotopic (exact) mass is 701 g/mol. The molecule has 1 N–H and O–H groups in total. The van der Waals surface area contributed by atoms with Gasteiger partial charge in [0, 0.05) is 50.5 Å². The molecule has 0 fully saturated rings. The summed E-state index contributed by atoms with van der Waals surface area (Å²) >= 11 is 0. The molecule has 0 aliphatic rings. The number of phenolic OH excluding ortho intramolecular Hbond substituents is 1. The lowest BCUT2D eigenvalue weighted by Gasteiger charge is -2.19. The van der Waals surface area contributed by atoms with Gasteiger partial charge in [0.05, 0.1) is 28.0 Å². The molecule has 0 radical (unpaired) electrons. The molecule has 10 rings (SSSR count). The summed E-state index contributed by atoms with van der Waals surface area (Å²) in [7, 11) is 0. The lowest BCUT2D eigenvalue weighted by atomic mass is 9.86. The standard InChI is InChI=1S/C48H35N3O3/c1-48(2,3)30-23-24-42(52)29(25-30)28-49-39-19-8-4-16-37(39)47-50-45-38(36-18-12-17-35-34-15-7-11-22-43(34)53-46(35)36)26-31(27-44(45)54-47)51-40-20-9-5-13-32(40)33-14-6-10-21-41(33)51/h4-28,52H,1-3H3. The molecule has 6 nitrogen and oxygen atoms in total. The third kappa shape index (κ3) is 5.10. The number of aromatic hydroxyl groups is 1. The molecule has 0 spiro atoms. The van der Waals surface area contributed by atoms with E-state index in [-0.39, 0.29) is 11.2 Å². The number of nitrogens with zero attached hydrogens (tertiary/aromatic N) is 3. The van der Waals surface area contributed by atoms with Gasteiger partial charge in [-0.05, 0) is 59.5 Å². The number of aliphatic imine (C=N–C) groups is 1. The highest BCUT2D eigenvalue weighted by Crippen LogP contribution is 2.43. The molecule has 3 heterocycles. The Morgan fingerprint density at radius 2 is 1.28 bits per heavy atom. The van der Waals surface area contributed by atoms with Crippen LogP contribution in [-0.2, 0) is 5.41 Å². The third-order valence-corrected chi connectivity index (χ3v) is 10.4. The van der Waals surface area contributed by atoms with Gasteiger partial charge in [-0.2, -0.15) is 0 Å². The summed E-state index contributed by atoms with van der Waals surface area (Å²) in [6.07, 6.45) is 1.71. The molecule has 0 saturated heterocycles. The average molecular weight is 702 g/mol. The molecule has 0 atom stereocenters. The predicted molar refractivity (Wildman–Crippen MR) is 221 cm³/mol. The molecule has 6 heteroatoms. The van der Waals surface area contributed by atoms with Gasteiger partial charge in [0.25, 0.3) is 0 Å². The lowest BCUT2D eigenvalue weighted by Crippen LogP contribution is -2.11. The van der Waals surface area contributed by atoms with Gasteiger partial charge in [0.1, 0.15) is 22.4 Å². The molecule has 10 aromatic rings. The number of furan rings is 1. The third-order valence-electron chi connectivity index (χ3n) is 10.4. The van der Waals surface area contributed by atoms with Crippen molar-refractivity contribution in [3.8, 4) is 34.0 Å². The van der Waals surface area contributed by atoms with Crippen LogP contribution in [0.5, 0.6) is 5.75 Å². The second-order valence-corrected chi connectivity index (χ2v) is 14.8. The van der Waals surface area contributed by atoms with Gasteiger partial charge in [-0.15, -0.1) is 0 Å². The number of hydrogen-bond donors (Lipinski definition) is 1. The largest absolute Gasteiger partial charge is 0.507 e. The van der Waals surface area contributed by atoms with Crippen molar-refractivity contribution in [2.24, 2.45) is 4.99 Å². The zero-order valence-electron chi connectivity index (χ0n) is 30.0. The van der Waals surface area contributed by atoms with Crippen molar-refractivity contribution < 1.29 is 13.9 Å².